The van der Waals surface area contributed by atoms with Gasteiger partial charge in [-0.15, -0.1) is 0 Å². The third-order valence-electron chi connectivity index (χ3n) is 6.41. The maximum absolute atomic E-state index is 13.0. The largest absolute Gasteiger partial charge is 0.416 e. The van der Waals surface area contributed by atoms with Crippen LogP contribution < -0.4 is 0 Å². The van der Waals surface area contributed by atoms with E-state index in [4.69, 9.17) is 0 Å². The van der Waals surface area contributed by atoms with Gasteiger partial charge in [-0.3, -0.25) is 9.69 Å². The Morgan fingerprint density at radius 2 is 1.58 bits per heavy atom. The van der Waals surface area contributed by atoms with Crippen LogP contribution in [-0.2, 0) is 32.1 Å². The summed E-state index contributed by atoms with van der Waals surface area (Å²) in [5, 5.41) is 0. The summed E-state index contributed by atoms with van der Waals surface area (Å²) in [5.41, 5.74) is 4.43. The maximum atomic E-state index is 13.0. The number of carbonyl (C=O) groups excluding carboxylic acids is 1. The fourth-order valence-corrected chi connectivity index (χ4v) is 4.93. The minimum absolute atomic E-state index is 0.0277. The molecule has 1 heterocycles. The summed E-state index contributed by atoms with van der Waals surface area (Å²) in [7, 11) is 0. The lowest BCUT2D eigenvalue weighted by molar-refractivity contribution is -0.137. The maximum Gasteiger partial charge on any atom is 0.416 e. The molecule has 0 aromatic heterocycles. The van der Waals surface area contributed by atoms with Gasteiger partial charge in [-0.25, -0.2) is 0 Å². The quantitative estimate of drug-likeness (QED) is 0.583. The van der Waals surface area contributed by atoms with Crippen molar-refractivity contribution < 1.29 is 18.0 Å². The van der Waals surface area contributed by atoms with Gasteiger partial charge in [0, 0.05) is 24.7 Å². The van der Waals surface area contributed by atoms with Crippen LogP contribution in [0.15, 0.2) is 36.4 Å². The van der Waals surface area contributed by atoms with Gasteiger partial charge in [-0.1, -0.05) is 32.0 Å². The highest BCUT2D eigenvalue weighted by molar-refractivity contribution is 5.98. The molecule has 1 amide bonds. The lowest BCUT2D eigenvalue weighted by atomic mass is 10.0. The molecule has 166 valence electrons. The molecule has 1 aliphatic carbocycles. The van der Waals surface area contributed by atoms with Crippen LogP contribution in [-0.4, -0.2) is 34.8 Å². The number of alkyl halides is 3. The number of hydrogen-bond acceptors (Lipinski definition) is 2. The zero-order valence-electron chi connectivity index (χ0n) is 18.1. The van der Waals surface area contributed by atoms with Gasteiger partial charge in [0.25, 0.3) is 5.91 Å². The monoisotopic (exact) mass is 430 g/mol. The van der Waals surface area contributed by atoms with Crippen molar-refractivity contribution >= 4 is 5.91 Å². The van der Waals surface area contributed by atoms with E-state index in [1.54, 1.807) is 4.90 Å². The fourth-order valence-electron chi connectivity index (χ4n) is 4.93. The predicted molar refractivity (Wildman–Crippen MR) is 115 cm³/mol. The van der Waals surface area contributed by atoms with Crippen molar-refractivity contribution in [3.05, 3.63) is 69.8 Å². The van der Waals surface area contributed by atoms with Crippen molar-refractivity contribution in [1.82, 2.24) is 9.80 Å². The topological polar surface area (TPSA) is 23.6 Å². The lowest BCUT2D eigenvalue weighted by Crippen LogP contribution is -2.37. The number of hydrogen-bond donors (Lipinski definition) is 0. The average Bonchev–Trinajstić information content (AvgIpc) is 3.27. The van der Waals surface area contributed by atoms with E-state index in [-0.39, 0.29) is 5.91 Å². The van der Waals surface area contributed by atoms with E-state index in [9.17, 15) is 18.0 Å². The molecule has 4 rings (SSSR count). The normalized spacial score (nSPS) is 18.1. The van der Waals surface area contributed by atoms with Crippen LogP contribution >= 0.6 is 0 Å². The Bertz CT molecular complexity index is 946. The van der Waals surface area contributed by atoms with Crippen molar-refractivity contribution in [2.24, 2.45) is 0 Å². The zero-order valence-corrected chi connectivity index (χ0v) is 18.1. The van der Waals surface area contributed by atoms with Gasteiger partial charge in [0.1, 0.15) is 0 Å². The average molecular weight is 431 g/mol. The first-order chi connectivity index (χ1) is 14.8. The van der Waals surface area contributed by atoms with Crippen LogP contribution in [0.3, 0.4) is 0 Å². The molecule has 1 atom stereocenters. The predicted octanol–water partition coefficient (Wildman–Crippen LogP) is 5.45. The Morgan fingerprint density at radius 1 is 0.968 bits per heavy atom. The molecule has 0 bridgehead atoms. The van der Waals surface area contributed by atoms with E-state index in [0.29, 0.717) is 24.7 Å². The second-order valence-electron chi connectivity index (χ2n) is 8.73. The van der Waals surface area contributed by atoms with Crippen LogP contribution in [0, 0.1) is 0 Å². The highest BCUT2D eigenvalue weighted by atomic mass is 19.4. The van der Waals surface area contributed by atoms with Crippen molar-refractivity contribution in [3.8, 4) is 0 Å². The van der Waals surface area contributed by atoms with Crippen molar-refractivity contribution in [3.63, 3.8) is 0 Å². The molecule has 2 aromatic carbocycles. The van der Waals surface area contributed by atoms with E-state index < -0.39 is 11.7 Å². The molecule has 1 unspecified atom stereocenters. The number of fused-ring (bicyclic) bond motifs is 2. The highest BCUT2D eigenvalue weighted by Crippen LogP contribution is 2.34. The molecule has 0 saturated carbocycles. The van der Waals surface area contributed by atoms with Gasteiger partial charge in [0.2, 0.25) is 0 Å². The molecule has 3 nitrogen and oxygen atoms in total. The van der Waals surface area contributed by atoms with Crippen molar-refractivity contribution in [2.75, 3.05) is 13.1 Å². The summed E-state index contributed by atoms with van der Waals surface area (Å²) in [6.07, 6.45) is -0.0630. The zero-order chi connectivity index (χ0) is 22.2. The van der Waals surface area contributed by atoms with Crippen LogP contribution in [0.2, 0.25) is 0 Å². The molecule has 0 saturated heterocycles. The van der Waals surface area contributed by atoms with E-state index in [1.807, 2.05) is 0 Å². The number of rotatable bonds is 7. The molecular weight excluding hydrogens is 401 g/mol. The Labute approximate surface area is 181 Å². The van der Waals surface area contributed by atoms with E-state index >= 15 is 0 Å². The molecule has 0 spiro atoms. The number of benzene rings is 2. The lowest BCUT2D eigenvalue weighted by Gasteiger charge is -2.27. The van der Waals surface area contributed by atoms with E-state index in [2.05, 4.69) is 30.9 Å². The SMILES string of the molecule is CCCN(CCC)C1Cc2cc3c(cc2C1)C(=O)N(Cc1ccc(C(F)(F)F)cc1)C3. The molecule has 6 heteroatoms. The number of amides is 1. The Balaban J connectivity index is 1.46. The van der Waals surface area contributed by atoms with Gasteiger partial charge in [-0.05, 0) is 79.2 Å². The first-order valence-electron chi connectivity index (χ1n) is 11.1. The number of nitrogens with zero attached hydrogens (tertiary/aromatic N) is 2. The minimum atomic E-state index is -4.35. The van der Waals surface area contributed by atoms with Gasteiger partial charge in [-0.2, -0.15) is 13.2 Å². The van der Waals surface area contributed by atoms with Crippen LogP contribution in [0.4, 0.5) is 13.2 Å². The van der Waals surface area contributed by atoms with Gasteiger partial charge in [0.05, 0.1) is 5.56 Å². The van der Waals surface area contributed by atoms with Crippen LogP contribution in [0.1, 0.15) is 64.9 Å². The second-order valence-corrected chi connectivity index (χ2v) is 8.73. The highest BCUT2D eigenvalue weighted by Gasteiger charge is 2.33. The fraction of sp³-hybridized carbons (Fsp3) is 0.480. The summed E-state index contributed by atoms with van der Waals surface area (Å²) in [4.78, 5) is 17.3. The van der Waals surface area contributed by atoms with Crippen LogP contribution in [0.25, 0.3) is 0 Å². The van der Waals surface area contributed by atoms with Gasteiger partial charge < -0.3 is 4.90 Å². The number of carbonyl (C=O) groups is 1. The second kappa shape index (κ2) is 8.65. The summed E-state index contributed by atoms with van der Waals surface area (Å²) in [6.45, 7) is 7.46. The molecule has 1 aliphatic heterocycles. The molecule has 31 heavy (non-hydrogen) atoms. The molecule has 0 radical (unpaired) electrons. The first-order valence-corrected chi connectivity index (χ1v) is 11.1. The Kier molecular flexibility index (Phi) is 6.11. The summed E-state index contributed by atoms with van der Waals surface area (Å²) >= 11 is 0. The summed E-state index contributed by atoms with van der Waals surface area (Å²) in [5.74, 6) is -0.0277. The Hall–Kier alpha value is -2.34. The standard InChI is InChI=1S/C25H29F3N2O/c1-3-9-29(10-4-2)22-12-18-11-20-16-30(24(31)23(20)14-19(18)13-22)15-17-5-7-21(8-6-17)25(26,27)28/h5-8,11,14,22H,3-4,9-10,12-13,15-16H2,1-2H3. The molecule has 0 N–H and O–H groups in total. The minimum Gasteiger partial charge on any atom is -0.330 e. The first kappa shape index (κ1) is 21.9. The Morgan fingerprint density at radius 3 is 2.16 bits per heavy atom. The molecule has 2 aromatic rings. The van der Waals surface area contributed by atoms with Crippen molar-refractivity contribution in [1.29, 1.82) is 0 Å². The number of halogens is 3. The molecular formula is C25H29F3N2O. The van der Waals surface area contributed by atoms with Gasteiger partial charge >= 0.3 is 6.18 Å². The van der Waals surface area contributed by atoms with E-state index in [0.717, 1.165) is 62.0 Å². The summed E-state index contributed by atoms with van der Waals surface area (Å²) in [6, 6.07) is 9.84. The third kappa shape index (κ3) is 4.49. The van der Waals surface area contributed by atoms with Crippen molar-refractivity contribution in [2.45, 2.75) is 64.8 Å². The third-order valence-corrected chi connectivity index (χ3v) is 6.41. The smallest absolute Gasteiger partial charge is 0.330 e. The molecule has 0 fully saturated rings. The van der Waals surface area contributed by atoms with E-state index in [1.165, 1.54) is 23.3 Å². The van der Waals surface area contributed by atoms with Gasteiger partial charge in [0.15, 0.2) is 0 Å². The summed E-state index contributed by atoms with van der Waals surface area (Å²) < 4.78 is 38.3. The van der Waals surface area contributed by atoms with Crippen LogP contribution in [0.5, 0.6) is 0 Å². The molecule has 2 aliphatic rings.